The van der Waals surface area contributed by atoms with Crippen molar-refractivity contribution in [1.29, 1.82) is 0 Å². The van der Waals surface area contributed by atoms with E-state index in [-0.39, 0.29) is 13.0 Å². The Morgan fingerprint density at radius 2 is 2.16 bits per heavy atom. The predicted molar refractivity (Wildman–Crippen MR) is 71.8 cm³/mol. The maximum absolute atomic E-state index is 11.5. The van der Waals surface area contributed by atoms with Gasteiger partial charge in [0.15, 0.2) is 0 Å². The number of nitrogens with one attached hydrogen (secondary N) is 1. The third kappa shape index (κ3) is 5.54. The normalized spacial score (nSPS) is 12.3. The minimum atomic E-state index is -1.18. The maximum Gasteiger partial charge on any atom is 0.326 e. The molecule has 1 aromatic carbocycles. The van der Waals surface area contributed by atoms with Crippen LogP contribution in [0.1, 0.15) is 12.0 Å². The van der Waals surface area contributed by atoms with Crippen LogP contribution in [-0.4, -0.2) is 34.7 Å². The molecule has 0 aromatic heterocycles. The standard InChI is InChI=1S/C13H14ClNO4/c14-10-3-1-2-9(8-10)4-5-12(17)15-11(6-7-16)13(18)19/h1-5,8,11,16H,6-7H2,(H,15,17)(H,18,19)/b5-4+/t11-/m0/s1. The first-order valence-electron chi connectivity index (χ1n) is 5.60. The Balaban J connectivity index is 2.61. The second-order valence-corrected chi connectivity index (χ2v) is 4.24. The largest absolute Gasteiger partial charge is 0.480 e. The Bertz CT molecular complexity index is 487. The van der Waals surface area contributed by atoms with Gasteiger partial charge in [0.05, 0.1) is 0 Å². The SMILES string of the molecule is O=C(/C=C/c1cccc(Cl)c1)N[C@@H](CCO)C(=O)O. The van der Waals surface area contributed by atoms with Crippen molar-refractivity contribution in [3.63, 3.8) is 0 Å². The monoisotopic (exact) mass is 283 g/mol. The van der Waals surface area contributed by atoms with Crippen molar-refractivity contribution >= 4 is 29.6 Å². The number of halogens is 1. The molecule has 5 nitrogen and oxygen atoms in total. The molecule has 19 heavy (non-hydrogen) atoms. The molecule has 0 aliphatic heterocycles. The van der Waals surface area contributed by atoms with Crippen LogP contribution in [0.2, 0.25) is 5.02 Å². The van der Waals surface area contributed by atoms with Crippen molar-refractivity contribution in [2.45, 2.75) is 12.5 Å². The minimum Gasteiger partial charge on any atom is -0.480 e. The lowest BCUT2D eigenvalue weighted by Crippen LogP contribution is -2.40. The molecule has 0 spiro atoms. The van der Waals surface area contributed by atoms with E-state index in [1.807, 2.05) is 0 Å². The fourth-order valence-corrected chi connectivity index (χ4v) is 1.59. The molecule has 1 atom stereocenters. The van der Waals surface area contributed by atoms with E-state index < -0.39 is 17.9 Å². The summed E-state index contributed by atoms with van der Waals surface area (Å²) < 4.78 is 0. The summed E-state index contributed by atoms with van der Waals surface area (Å²) in [6, 6.07) is 5.79. The number of benzene rings is 1. The molecule has 0 saturated carbocycles. The summed E-state index contributed by atoms with van der Waals surface area (Å²) in [5.74, 6) is -1.72. The van der Waals surface area contributed by atoms with E-state index in [0.29, 0.717) is 5.02 Å². The molecule has 0 heterocycles. The van der Waals surface area contributed by atoms with Crippen LogP contribution in [0.25, 0.3) is 6.08 Å². The van der Waals surface area contributed by atoms with Gasteiger partial charge in [0, 0.05) is 24.1 Å². The van der Waals surface area contributed by atoms with Gasteiger partial charge < -0.3 is 15.5 Å². The summed E-state index contributed by atoms with van der Waals surface area (Å²) in [7, 11) is 0. The number of carbonyl (C=O) groups excluding carboxylic acids is 1. The van der Waals surface area contributed by atoms with Gasteiger partial charge in [-0.15, -0.1) is 0 Å². The van der Waals surface area contributed by atoms with Gasteiger partial charge in [-0.3, -0.25) is 4.79 Å². The summed E-state index contributed by atoms with van der Waals surface area (Å²) in [6.45, 7) is -0.310. The molecule has 0 fully saturated rings. The number of rotatable bonds is 6. The molecule has 1 aromatic rings. The molecule has 3 N–H and O–H groups in total. The Hall–Kier alpha value is -1.85. The van der Waals surface area contributed by atoms with Crippen LogP contribution in [0.4, 0.5) is 0 Å². The first-order chi connectivity index (χ1) is 9.02. The molecule has 0 aliphatic carbocycles. The Kier molecular flexibility index (Phi) is 6.05. The van der Waals surface area contributed by atoms with Crippen molar-refractivity contribution in [3.8, 4) is 0 Å². The van der Waals surface area contributed by atoms with Crippen molar-refractivity contribution in [1.82, 2.24) is 5.32 Å². The molecule has 0 saturated heterocycles. The predicted octanol–water partition coefficient (Wildman–Crippen LogP) is 1.30. The van der Waals surface area contributed by atoms with Crippen LogP contribution < -0.4 is 5.32 Å². The first-order valence-corrected chi connectivity index (χ1v) is 5.98. The van der Waals surface area contributed by atoms with Crippen LogP contribution in [0, 0.1) is 0 Å². The molecule has 0 bridgehead atoms. The van der Waals surface area contributed by atoms with Gasteiger partial charge in [-0.1, -0.05) is 23.7 Å². The van der Waals surface area contributed by atoms with E-state index in [9.17, 15) is 9.59 Å². The zero-order chi connectivity index (χ0) is 14.3. The number of carboxylic acid groups (broad SMARTS) is 1. The molecule has 6 heteroatoms. The second-order valence-electron chi connectivity index (χ2n) is 3.80. The molecule has 0 unspecified atom stereocenters. The van der Waals surface area contributed by atoms with Gasteiger partial charge in [-0.25, -0.2) is 4.79 Å². The molecular weight excluding hydrogens is 270 g/mol. The van der Waals surface area contributed by atoms with Crippen LogP contribution in [-0.2, 0) is 9.59 Å². The third-order valence-electron chi connectivity index (χ3n) is 2.31. The summed E-state index contributed by atoms with van der Waals surface area (Å²) >= 11 is 5.79. The van der Waals surface area contributed by atoms with Crippen molar-refractivity contribution < 1.29 is 19.8 Å². The number of hydrogen-bond donors (Lipinski definition) is 3. The number of carbonyl (C=O) groups is 2. The van der Waals surface area contributed by atoms with Gasteiger partial charge in [-0.05, 0) is 23.8 Å². The minimum absolute atomic E-state index is 0.0356. The lowest BCUT2D eigenvalue weighted by molar-refractivity contribution is -0.141. The topological polar surface area (TPSA) is 86.6 Å². The molecule has 102 valence electrons. The van der Waals surface area contributed by atoms with Gasteiger partial charge in [-0.2, -0.15) is 0 Å². The van der Waals surface area contributed by atoms with Crippen LogP contribution in [0.5, 0.6) is 0 Å². The highest BCUT2D eigenvalue weighted by molar-refractivity contribution is 6.30. The number of amides is 1. The highest BCUT2D eigenvalue weighted by Crippen LogP contribution is 2.11. The number of aliphatic hydroxyl groups excluding tert-OH is 1. The second kappa shape index (κ2) is 7.56. The number of carboxylic acids is 1. The van der Waals surface area contributed by atoms with Crippen LogP contribution in [0.15, 0.2) is 30.3 Å². The highest BCUT2D eigenvalue weighted by atomic mass is 35.5. The van der Waals surface area contributed by atoms with E-state index in [4.69, 9.17) is 21.8 Å². The molecule has 0 radical (unpaired) electrons. The fourth-order valence-electron chi connectivity index (χ4n) is 1.39. The summed E-state index contributed by atoms with van der Waals surface area (Å²) in [5.41, 5.74) is 0.733. The van der Waals surface area contributed by atoms with Crippen molar-refractivity contribution in [3.05, 3.63) is 40.9 Å². The average molecular weight is 284 g/mol. The number of aliphatic hydroxyl groups is 1. The van der Waals surface area contributed by atoms with E-state index >= 15 is 0 Å². The Morgan fingerprint density at radius 3 is 2.74 bits per heavy atom. The molecule has 1 amide bonds. The first kappa shape index (κ1) is 15.2. The molecular formula is C13H14ClNO4. The molecule has 1 rings (SSSR count). The van der Waals surface area contributed by atoms with Gasteiger partial charge >= 0.3 is 5.97 Å². The highest BCUT2D eigenvalue weighted by Gasteiger charge is 2.17. The van der Waals surface area contributed by atoms with Gasteiger partial charge in [0.2, 0.25) is 5.91 Å². The molecule has 0 aliphatic rings. The van der Waals surface area contributed by atoms with E-state index in [1.54, 1.807) is 24.3 Å². The van der Waals surface area contributed by atoms with E-state index in [2.05, 4.69) is 5.32 Å². The number of aliphatic carboxylic acids is 1. The lowest BCUT2D eigenvalue weighted by Gasteiger charge is -2.11. The van der Waals surface area contributed by atoms with Crippen molar-refractivity contribution in [2.75, 3.05) is 6.61 Å². The summed E-state index contributed by atoms with van der Waals surface area (Å²) in [4.78, 5) is 22.3. The Labute approximate surface area is 115 Å². The maximum atomic E-state index is 11.5. The van der Waals surface area contributed by atoms with E-state index in [1.165, 1.54) is 12.2 Å². The lowest BCUT2D eigenvalue weighted by atomic mass is 10.2. The van der Waals surface area contributed by atoms with Gasteiger partial charge in [0.25, 0.3) is 0 Å². The average Bonchev–Trinajstić information content (AvgIpc) is 2.36. The zero-order valence-electron chi connectivity index (χ0n) is 10.0. The summed E-state index contributed by atoms with van der Waals surface area (Å²) in [5, 5.41) is 20.3. The van der Waals surface area contributed by atoms with Crippen molar-refractivity contribution in [2.24, 2.45) is 0 Å². The van der Waals surface area contributed by atoms with E-state index in [0.717, 1.165) is 5.56 Å². The zero-order valence-corrected chi connectivity index (χ0v) is 10.8. The van der Waals surface area contributed by atoms with Crippen LogP contribution >= 0.6 is 11.6 Å². The summed E-state index contributed by atoms with van der Waals surface area (Å²) in [6.07, 6.45) is 2.71. The van der Waals surface area contributed by atoms with Gasteiger partial charge in [0.1, 0.15) is 6.04 Å². The smallest absolute Gasteiger partial charge is 0.326 e. The van der Waals surface area contributed by atoms with Crippen LogP contribution in [0.3, 0.4) is 0 Å². The third-order valence-corrected chi connectivity index (χ3v) is 2.54. The number of hydrogen-bond acceptors (Lipinski definition) is 3. The fraction of sp³-hybridized carbons (Fsp3) is 0.231. The Morgan fingerprint density at radius 1 is 1.42 bits per heavy atom. The quantitative estimate of drug-likeness (QED) is 0.687.